The molecule has 0 bridgehead atoms. The van der Waals surface area contributed by atoms with Crippen molar-refractivity contribution in [3.63, 3.8) is 0 Å². The monoisotopic (exact) mass is 344 g/mol. The summed E-state index contributed by atoms with van der Waals surface area (Å²) in [6.07, 6.45) is 2.03. The summed E-state index contributed by atoms with van der Waals surface area (Å²) in [5.41, 5.74) is 5.30. The number of hydrogen-bond donors (Lipinski definition) is 0. The van der Waals surface area contributed by atoms with Gasteiger partial charge in [-0.15, -0.1) is 0 Å². The summed E-state index contributed by atoms with van der Waals surface area (Å²) in [7, 11) is 0. The van der Waals surface area contributed by atoms with Crippen molar-refractivity contribution in [1.29, 1.82) is 0 Å². The van der Waals surface area contributed by atoms with Gasteiger partial charge in [-0.1, -0.05) is 59.3 Å². The lowest BCUT2D eigenvalue weighted by Crippen LogP contribution is -2.24. The molecule has 21 heavy (non-hydrogen) atoms. The van der Waals surface area contributed by atoms with E-state index in [0.29, 0.717) is 0 Å². The van der Waals surface area contributed by atoms with Crippen LogP contribution in [0.25, 0.3) is 0 Å². The van der Waals surface area contributed by atoms with Gasteiger partial charge in [-0.25, -0.2) is 0 Å². The van der Waals surface area contributed by atoms with E-state index in [1.165, 1.54) is 22.3 Å². The van der Waals surface area contributed by atoms with E-state index in [2.05, 4.69) is 79.2 Å². The first-order valence-corrected chi connectivity index (χ1v) is 8.45. The van der Waals surface area contributed by atoms with Gasteiger partial charge in [-0.3, -0.25) is 0 Å². The zero-order valence-electron chi connectivity index (χ0n) is 12.8. The fourth-order valence-corrected chi connectivity index (χ4v) is 3.80. The molecule has 1 aliphatic heterocycles. The third-order valence-electron chi connectivity index (χ3n) is 4.09. The predicted molar refractivity (Wildman–Crippen MR) is 91.4 cm³/mol. The second-order valence-corrected chi connectivity index (χ2v) is 7.24. The zero-order chi connectivity index (χ0) is 15.0. The van der Waals surface area contributed by atoms with Crippen molar-refractivity contribution in [2.75, 3.05) is 0 Å². The molecule has 1 nitrogen and oxygen atoms in total. The molecule has 3 rings (SSSR count). The third kappa shape index (κ3) is 2.87. The van der Waals surface area contributed by atoms with Gasteiger partial charge in [0.15, 0.2) is 0 Å². The molecular formula is C19H21BrO. The first-order valence-electron chi connectivity index (χ1n) is 7.54. The predicted octanol–water partition coefficient (Wildman–Crippen LogP) is 5.45. The van der Waals surface area contributed by atoms with E-state index < -0.39 is 0 Å². The lowest BCUT2D eigenvalue weighted by molar-refractivity contribution is 0.138. The fraction of sp³-hybridized carbons (Fsp3) is 0.368. The maximum Gasteiger partial charge on any atom is 0.123 e. The van der Waals surface area contributed by atoms with Crippen LogP contribution in [0.2, 0.25) is 0 Å². The molecule has 2 aromatic rings. The number of aryl methyl sites for hydroxylation is 1. The highest BCUT2D eigenvalue weighted by Gasteiger charge is 2.30. The molecular weight excluding hydrogens is 324 g/mol. The van der Waals surface area contributed by atoms with Gasteiger partial charge >= 0.3 is 0 Å². The maximum absolute atomic E-state index is 5.96. The Morgan fingerprint density at radius 1 is 1.19 bits per heavy atom. The van der Waals surface area contributed by atoms with Crippen molar-refractivity contribution < 1.29 is 4.74 Å². The highest BCUT2D eigenvalue weighted by atomic mass is 79.9. The van der Waals surface area contributed by atoms with Crippen LogP contribution in [-0.4, -0.2) is 5.60 Å². The Hall–Kier alpha value is -1.28. The van der Waals surface area contributed by atoms with Gasteiger partial charge in [0.05, 0.1) is 4.83 Å². The first-order chi connectivity index (χ1) is 10.00. The Bertz CT molecular complexity index is 660. The third-order valence-corrected chi connectivity index (χ3v) is 5.11. The average Bonchev–Trinajstić information content (AvgIpc) is 2.79. The highest BCUT2D eigenvalue weighted by molar-refractivity contribution is 9.09. The van der Waals surface area contributed by atoms with Gasteiger partial charge in [0.2, 0.25) is 0 Å². The second kappa shape index (κ2) is 5.49. The Morgan fingerprint density at radius 3 is 2.71 bits per heavy atom. The van der Waals surface area contributed by atoms with Crippen molar-refractivity contribution in [3.05, 3.63) is 64.7 Å². The lowest BCUT2D eigenvalue weighted by Gasteiger charge is -2.16. The molecule has 2 heteroatoms. The molecule has 0 fully saturated rings. The molecule has 110 valence electrons. The second-order valence-electron chi connectivity index (χ2n) is 6.32. The topological polar surface area (TPSA) is 9.23 Å². The number of alkyl halides is 1. The minimum absolute atomic E-state index is 0.0793. The molecule has 0 radical (unpaired) electrons. The number of hydrogen-bond acceptors (Lipinski definition) is 1. The van der Waals surface area contributed by atoms with E-state index in [1.807, 2.05) is 0 Å². The van der Waals surface area contributed by atoms with E-state index in [-0.39, 0.29) is 10.4 Å². The average molecular weight is 345 g/mol. The number of fused-ring (bicyclic) bond motifs is 1. The SMILES string of the molecule is CCc1ccccc1C(Br)c1ccc2c(c1)CC(C)(C)O2. The summed E-state index contributed by atoms with van der Waals surface area (Å²) in [5.74, 6) is 1.03. The largest absolute Gasteiger partial charge is 0.487 e. The normalized spacial score (nSPS) is 17.1. The minimum atomic E-state index is -0.0793. The van der Waals surface area contributed by atoms with Crippen molar-refractivity contribution in [3.8, 4) is 5.75 Å². The summed E-state index contributed by atoms with van der Waals surface area (Å²) in [6.45, 7) is 6.49. The van der Waals surface area contributed by atoms with Gasteiger partial charge in [-0.2, -0.15) is 0 Å². The van der Waals surface area contributed by atoms with Crippen molar-refractivity contribution >= 4 is 15.9 Å². The standard InChI is InChI=1S/C19H21BrO/c1-4-13-7-5-6-8-16(13)18(20)14-9-10-17-15(11-14)12-19(2,3)21-17/h5-11,18H,4,12H2,1-3H3. The van der Waals surface area contributed by atoms with E-state index in [4.69, 9.17) is 4.74 Å². The van der Waals surface area contributed by atoms with Gasteiger partial charge in [-0.05, 0) is 48.6 Å². The smallest absolute Gasteiger partial charge is 0.123 e. The van der Waals surface area contributed by atoms with Crippen LogP contribution in [0.1, 0.15) is 47.9 Å². The van der Waals surface area contributed by atoms with Gasteiger partial charge in [0.25, 0.3) is 0 Å². The molecule has 1 aliphatic rings. The van der Waals surface area contributed by atoms with Gasteiger partial charge in [0.1, 0.15) is 11.4 Å². The molecule has 1 heterocycles. The Balaban J connectivity index is 1.95. The van der Waals surface area contributed by atoms with Crippen LogP contribution in [0.5, 0.6) is 5.75 Å². The molecule has 2 aromatic carbocycles. The van der Waals surface area contributed by atoms with Crippen LogP contribution in [-0.2, 0) is 12.8 Å². The molecule has 0 spiro atoms. The number of rotatable bonds is 3. The Kier molecular flexibility index (Phi) is 3.83. The van der Waals surface area contributed by atoms with E-state index in [9.17, 15) is 0 Å². The molecule has 1 atom stereocenters. The zero-order valence-corrected chi connectivity index (χ0v) is 14.4. The van der Waals surface area contributed by atoms with Crippen LogP contribution in [0.3, 0.4) is 0 Å². The number of ether oxygens (including phenoxy) is 1. The van der Waals surface area contributed by atoms with Crippen LogP contribution < -0.4 is 4.74 Å². The van der Waals surface area contributed by atoms with E-state index in [0.717, 1.165) is 18.6 Å². The maximum atomic E-state index is 5.96. The van der Waals surface area contributed by atoms with E-state index >= 15 is 0 Å². The Labute approximate surface area is 135 Å². The van der Waals surface area contributed by atoms with Gasteiger partial charge < -0.3 is 4.74 Å². The molecule has 0 N–H and O–H groups in total. The van der Waals surface area contributed by atoms with Crippen molar-refractivity contribution in [1.82, 2.24) is 0 Å². The summed E-state index contributed by atoms with van der Waals surface area (Å²) in [4.78, 5) is 0.239. The molecule has 0 saturated heterocycles. The van der Waals surface area contributed by atoms with Crippen LogP contribution in [0.15, 0.2) is 42.5 Å². The van der Waals surface area contributed by atoms with E-state index in [1.54, 1.807) is 0 Å². The molecule has 0 aromatic heterocycles. The van der Waals surface area contributed by atoms with Crippen LogP contribution >= 0.6 is 15.9 Å². The van der Waals surface area contributed by atoms with Crippen molar-refractivity contribution in [2.24, 2.45) is 0 Å². The minimum Gasteiger partial charge on any atom is -0.487 e. The number of halogens is 1. The fourth-order valence-electron chi connectivity index (χ4n) is 3.07. The molecule has 1 unspecified atom stereocenters. The van der Waals surface area contributed by atoms with Gasteiger partial charge in [0, 0.05) is 6.42 Å². The van der Waals surface area contributed by atoms with Crippen LogP contribution in [0.4, 0.5) is 0 Å². The highest BCUT2D eigenvalue weighted by Crippen LogP contribution is 2.39. The summed E-state index contributed by atoms with van der Waals surface area (Å²) in [5, 5.41) is 0. The molecule has 0 saturated carbocycles. The quantitative estimate of drug-likeness (QED) is 0.673. The first kappa shape index (κ1) is 14.6. The molecule has 0 aliphatic carbocycles. The molecule has 0 amide bonds. The Morgan fingerprint density at radius 2 is 1.95 bits per heavy atom. The number of benzene rings is 2. The summed E-state index contributed by atoms with van der Waals surface area (Å²) >= 11 is 3.88. The summed E-state index contributed by atoms with van der Waals surface area (Å²) < 4.78 is 5.96. The summed E-state index contributed by atoms with van der Waals surface area (Å²) in [6, 6.07) is 15.2. The van der Waals surface area contributed by atoms with Crippen molar-refractivity contribution in [2.45, 2.75) is 44.0 Å². The lowest BCUT2D eigenvalue weighted by atomic mass is 9.95. The van der Waals surface area contributed by atoms with Crippen LogP contribution in [0, 0.1) is 0 Å².